The summed E-state index contributed by atoms with van der Waals surface area (Å²) in [7, 11) is -3.66. The fourth-order valence-corrected chi connectivity index (χ4v) is 6.20. The Kier molecular flexibility index (Phi) is 11.1. The Bertz CT molecular complexity index is 794. The summed E-state index contributed by atoms with van der Waals surface area (Å²) in [6.07, 6.45) is 8.30. The molecule has 0 spiro atoms. The van der Waals surface area contributed by atoms with Gasteiger partial charge in [0.25, 0.3) is 0 Å². The van der Waals surface area contributed by atoms with Crippen molar-refractivity contribution >= 4 is 39.1 Å². The van der Waals surface area contributed by atoms with Crippen molar-refractivity contribution in [3.8, 4) is 0 Å². The molecule has 1 N–H and O–H groups in total. The van der Waals surface area contributed by atoms with Gasteiger partial charge in [0.05, 0.1) is 10.9 Å². The largest absolute Gasteiger partial charge is 0.355 e. The van der Waals surface area contributed by atoms with E-state index in [0.29, 0.717) is 24.7 Å². The van der Waals surface area contributed by atoms with E-state index in [0.717, 1.165) is 38.0 Å². The molecule has 8 heteroatoms. The molecule has 1 heterocycles. The molecule has 1 atom stereocenters. The summed E-state index contributed by atoms with van der Waals surface area (Å²) >= 11 is 12.0. The number of hydrogen-bond donors (Lipinski definition) is 1. The van der Waals surface area contributed by atoms with E-state index in [4.69, 9.17) is 23.2 Å². The highest BCUT2D eigenvalue weighted by Crippen LogP contribution is 2.30. The van der Waals surface area contributed by atoms with Gasteiger partial charge >= 0.3 is 0 Å². The third kappa shape index (κ3) is 6.84. The molecule has 1 unspecified atom stereocenters. The smallest absolute Gasteiger partial charge is 0.244 e. The van der Waals surface area contributed by atoms with Gasteiger partial charge in [-0.05, 0) is 43.4 Å². The highest BCUT2D eigenvalue weighted by molar-refractivity contribution is 7.89. The molecule has 5 radical (unpaired) electrons. The van der Waals surface area contributed by atoms with Crippen molar-refractivity contribution in [3.05, 3.63) is 49.0 Å². The van der Waals surface area contributed by atoms with Crippen LogP contribution in [0.2, 0.25) is 10.0 Å². The predicted molar refractivity (Wildman–Crippen MR) is 123 cm³/mol. The van der Waals surface area contributed by atoms with Crippen molar-refractivity contribution in [3.63, 3.8) is 0 Å². The first-order valence-electron chi connectivity index (χ1n) is 9.96. The van der Waals surface area contributed by atoms with Crippen LogP contribution in [-0.2, 0) is 14.8 Å². The molecule has 167 valence electrons. The minimum atomic E-state index is -3.66. The van der Waals surface area contributed by atoms with Crippen molar-refractivity contribution in [1.29, 1.82) is 0 Å². The summed E-state index contributed by atoms with van der Waals surface area (Å²) in [6, 6.07) is 4.41. The Balaban J connectivity index is 0.00000225. The molecule has 1 amide bonds. The zero-order valence-corrected chi connectivity index (χ0v) is 19.7. The van der Waals surface area contributed by atoms with Gasteiger partial charge in [-0.2, -0.15) is 4.31 Å². The highest BCUT2D eigenvalue weighted by atomic mass is 35.5. The van der Waals surface area contributed by atoms with E-state index in [9.17, 15) is 13.2 Å². The molecule has 1 aliphatic carbocycles. The molecule has 1 saturated heterocycles. The average molecular weight is 474 g/mol. The minimum absolute atomic E-state index is 0. The fraction of sp³-hybridized carbons (Fsp3) is 0.545. The van der Waals surface area contributed by atoms with Crippen molar-refractivity contribution in [2.24, 2.45) is 5.92 Å². The summed E-state index contributed by atoms with van der Waals surface area (Å²) in [5.41, 5.74) is 0. The maximum atomic E-state index is 12.9. The SMILES string of the molecule is O=C(NCC1CCN(S(=O)(=O)c2ccc(Cl)cc2Cl)C1)[C]1CCCCCCC1.[CH2].[CH2]. The van der Waals surface area contributed by atoms with Crippen LogP contribution in [0.25, 0.3) is 0 Å². The maximum absolute atomic E-state index is 12.9. The lowest BCUT2D eigenvalue weighted by Gasteiger charge is -2.20. The van der Waals surface area contributed by atoms with Gasteiger partial charge in [-0.25, -0.2) is 8.42 Å². The van der Waals surface area contributed by atoms with Gasteiger partial charge < -0.3 is 5.32 Å². The van der Waals surface area contributed by atoms with Crippen LogP contribution in [-0.4, -0.2) is 38.3 Å². The lowest BCUT2D eigenvalue weighted by Crippen LogP contribution is -2.35. The van der Waals surface area contributed by atoms with Gasteiger partial charge in [0, 0.05) is 24.7 Å². The van der Waals surface area contributed by atoms with Crippen LogP contribution in [0, 0.1) is 26.7 Å². The topological polar surface area (TPSA) is 66.5 Å². The molecule has 2 aliphatic rings. The second-order valence-corrected chi connectivity index (χ2v) is 10.4. The standard InChI is InChI=1S/C20H27Cl2N2O3S.2CH2/c21-17-8-9-19(18(22)12-17)28(26,27)24-11-10-15(14-24)13-23-20(25)16-6-4-2-1-3-5-7-16;;/h8-9,12,15H,1-7,10-11,13-14H2,(H,23,25);2*1H2. The Morgan fingerprint density at radius 3 is 2.33 bits per heavy atom. The van der Waals surface area contributed by atoms with Gasteiger partial charge in [-0.1, -0.05) is 70.2 Å². The number of amides is 1. The van der Waals surface area contributed by atoms with Gasteiger partial charge in [0.2, 0.25) is 15.9 Å². The van der Waals surface area contributed by atoms with Gasteiger partial charge in [-0.15, -0.1) is 0 Å². The second-order valence-electron chi connectivity index (χ2n) is 7.67. The van der Waals surface area contributed by atoms with Crippen LogP contribution in [0.15, 0.2) is 23.1 Å². The van der Waals surface area contributed by atoms with Crippen LogP contribution >= 0.6 is 23.2 Å². The molecular weight excluding hydrogens is 443 g/mol. The first-order valence-corrected chi connectivity index (χ1v) is 12.2. The predicted octanol–water partition coefficient (Wildman–Crippen LogP) is 5.09. The van der Waals surface area contributed by atoms with Crippen molar-refractivity contribution in [2.75, 3.05) is 19.6 Å². The number of hydrogen-bond acceptors (Lipinski definition) is 3. The normalized spacial score (nSPS) is 21.1. The number of benzene rings is 1. The molecule has 5 nitrogen and oxygen atoms in total. The third-order valence-corrected chi connectivity index (χ3v) is 8.17. The van der Waals surface area contributed by atoms with E-state index in [2.05, 4.69) is 5.32 Å². The van der Waals surface area contributed by atoms with Crippen LogP contribution in [0.4, 0.5) is 0 Å². The van der Waals surface area contributed by atoms with E-state index in [1.54, 1.807) is 0 Å². The van der Waals surface area contributed by atoms with E-state index >= 15 is 0 Å². The Morgan fingerprint density at radius 1 is 1.07 bits per heavy atom. The lowest BCUT2D eigenvalue weighted by molar-refractivity contribution is -0.120. The minimum Gasteiger partial charge on any atom is -0.355 e. The average Bonchev–Trinajstić information content (AvgIpc) is 3.09. The second kappa shape index (κ2) is 12.3. The van der Waals surface area contributed by atoms with E-state index in [1.807, 2.05) is 0 Å². The molecular formula is C22H31Cl2N2O3S. The number of nitrogens with zero attached hydrogens (tertiary/aromatic N) is 1. The molecule has 1 aromatic rings. The Hall–Kier alpha value is -0.820. The first kappa shape index (κ1) is 27.2. The summed E-state index contributed by atoms with van der Waals surface area (Å²) in [4.78, 5) is 12.6. The number of halogens is 2. The van der Waals surface area contributed by atoms with Gasteiger partial charge in [0.15, 0.2) is 0 Å². The zero-order valence-electron chi connectivity index (χ0n) is 17.3. The highest BCUT2D eigenvalue weighted by Gasteiger charge is 2.34. The number of nitrogens with one attached hydrogen (secondary N) is 1. The molecule has 1 saturated carbocycles. The third-order valence-electron chi connectivity index (χ3n) is 5.59. The van der Waals surface area contributed by atoms with Crippen molar-refractivity contribution < 1.29 is 13.2 Å². The molecule has 2 fully saturated rings. The van der Waals surface area contributed by atoms with Crippen LogP contribution in [0.1, 0.15) is 51.4 Å². The fourth-order valence-electron chi connectivity index (χ4n) is 3.93. The van der Waals surface area contributed by atoms with Crippen molar-refractivity contribution in [1.82, 2.24) is 9.62 Å². The van der Waals surface area contributed by atoms with Crippen molar-refractivity contribution in [2.45, 2.75) is 56.3 Å². The quantitative estimate of drug-likeness (QED) is 0.646. The Morgan fingerprint density at radius 2 is 1.70 bits per heavy atom. The van der Waals surface area contributed by atoms with Gasteiger partial charge in [0.1, 0.15) is 4.90 Å². The van der Waals surface area contributed by atoms with E-state index < -0.39 is 10.0 Å². The van der Waals surface area contributed by atoms with E-state index in [1.165, 1.54) is 41.8 Å². The summed E-state index contributed by atoms with van der Waals surface area (Å²) < 4.78 is 27.2. The zero-order chi connectivity index (χ0) is 20.1. The molecule has 0 bridgehead atoms. The summed E-state index contributed by atoms with van der Waals surface area (Å²) in [6.45, 7) is 1.32. The lowest BCUT2D eigenvalue weighted by atomic mass is 9.90. The monoisotopic (exact) mass is 473 g/mol. The number of carbonyl (C=O) groups excluding carboxylic acids is 1. The van der Waals surface area contributed by atoms with Crippen LogP contribution < -0.4 is 5.32 Å². The number of sulfonamides is 1. The number of rotatable bonds is 5. The van der Waals surface area contributed by atoms with Crippen LogP contribution in [0.5, 0.6) is 0 Å². The molecule has 1 aliphatic heterocycles. The molecule has 30 heavy (non-hydrogen) atoms. The van der Waals surface area contributed by atoms with E-state index in [-0.39, 0.29) is 36.6 Å². The summed E-state index contributed by atoms with van der Waals surface area (Å²) in [5, 5.41) is 3.56. The first-order chi connectivity index (χ1) is 13.4. The summed E-state index contributed by atoms with van der Waals surface area (Å²) in [5.74, 6) is 1.15. The van der Waals surface area contributed by atoms with Crippen LogP contribution in [0.3, 0.4) is 0 Å². The number of carbonyl (C=O) groups is 1. The molecule has 0 aromatic heterocycles. The van der Waals surface area contributed by atoms with Gasteiger partial charge in [-0.3, -0.25) is 4.79 Å². The molecule has 1 aromatic carbocycles. The molecule has 3 rings (SSSR count). The Labute approximate surface area is 192 Å². The maximum Gasteiger partial charge on any atom is 0.244 e.